The molecule has 1 N–H and O–H groups in total. The van der Waals surface area contributed by atoms with Crippen LogP contribution in [0.15, 0.2) is 34.9 Å². The first-order chi connectivity index (χ1) is 10.9. The van der Waals surface area contributed by atoms with Gasteiger partial charge in [-0.25, -0.2) is 4.98 Å². The summed E-state index contributed by atoms with van der Waals surface area (Å²) in [5.74, 6) is 0.852. The Bertz CT molecular complexity index is 687. The van der Waals surface area contributed by atoms with Crippen molar-refractivity contribution < 1.29 is 14.0 Å². The summed E-state index contributed by atoms with van der Waals surface area (Å²) in [6.45, 7) is 7.64. The monoisotopic (exact) mass is 314 g/mol. The molecule has 0 saturated heterocycles. The minimum absolute atomic E-state index is 0.0363. The van der Waals surface area contributed by atoms with Crippen molar-refractivity contribution in [2.75, 3.05) is 0 Å². The lowest BCUT2D eigenvalue weighted by Crippen LogP contribution is -2.27. The summed E-state index contributed by atoms with van der Waals surface area (Å²) in [6.07, 6.45) is 1.62. The number of aromatic nitrogens is 1. The SMILES string of the molecule is Cc1cnc(CNC(=O)C(C)c2ccc(C(=O)C(C)C)cc2)o1. The fraction of sp³-hybridized carbons (Fsp3) is 0.389. The van der Waals surface area contributed by atoms with E-state index in [1.54, 1.807) is 25.3 Å². The molecule has 1 heterocycles. The topological polar surface area (TPSA) is 72.2 Å². The normalized spacial score (nSPS) is 12.2. The molecule has 0 saturated carbocycles. The van der Waals surface area contributed by atoms with Crippen LogP contribution in [-0.4, -0.2) is 16.7 Å². The lowest BCUT2D eigenvalue weighted by molar-refractivity contribution is -0.122. The van der Waals surface area contributed by atoms with Crippen molar-refractivity contribution in [1.82, 2.24) is 10.3 Å². The molecule has 1 atom stereocenters. The highest BCUT2D eigenvalue weighted by Gasteiger charge is 2.17. The van der Waals surface area contributed by atoms with Crippen molar-refractivity contribution in [2.45, 2.75) is 40.2 Å². The van der Waals surface area contributed by atoms with E-state index in [1.165, 1.54) is 0 Å². The Labute approximate surface area is 136 Å². The molecule has 0 aliphatic heterocycles. The molecule has 122 valence electrons. The largest absolute Gasteiger partial charge is 0.444 e. The molecule has 0 aliphatic rings. The van der Waals surface area contributed by atoms with E-state index in [-0.39, 0.29) is 30.1 Å². The number of rotatable bonds is 6. The quantitative estimate of drug-likeness (QED) is 0.831. The van der Waals surface area contributed by atoms with Crippen LogP contribution in [0.1, 0.15) is 54.3 Å². The number of hydrogen-bond acceptors (Lipinski definition) is 4. The van der Waals surface area contributed by atoms with Gasteiger partial charge in [-0.3, -0.25) is 9.59 Å². The van der Waals surface area contributed by atoms with Crippen LogP contribution < -0.4 is 5.32 Å². The Balaban J connectivity index is 1.97. The molecule has 5 heteroatoms. The van der Waals surface area contributed by atoms with Gasteiger partial charge in [0.2, 0.25) is 11.8 Å². The van der Waals surface area contributed by atoms with Gasteiger partial charge in [0, 0.05) is 11.5 Å². The van der Waals surface area contributed by atoms with Gasteiger partial charge in [-0.05, 0) is 19.4 Å². The number of benzene rings is 1. The second-order valence-electron chi connectivity index (χ2n) is 5.95. The lowest BCUT2D eigenvalue weighted by atomic mass is 9.95. The molecule has 1 aromatic carbocycles. The summed E-state index contributed by atoms with van der Waals surface area (Å²) >= 11 is 0. The smallest absolute Gasteiger partial charge is 0.227 e. The number of ketones is 1. The van der Waals surface area contributed by atoms with Crippen molar-refractivity contribution in [2.24, 2.45) is 5.92 Å². The van der Waals surface area contributed by atoms with Crippen molar-refractivity contribution in [3.8, 4) is 0 Å². The van der Waals surface area contributed by atoms with Gasteiger partial charge in [0.25, 0.3) is 0 Å². The third-order valence-corrected chi connectivity index (χ3v) is 3.70. The number of nitrogens with zero attached hydrogens (tertiary/aromatic N) is 1. The molecule has 1 aromatic heterocycles. The number of aryl methyl sites for hydroxylation is 1. The number of oxazole rings is 1. The Morgan fingerprint density at radius 1 is 1.17 bits per heavy atom. The number of nitrogens with one attached hydrogen (secondary N) is 1. The van der Waals surface area contributed by atoms with E-state index in [9.17, 15) is 9.59 Å². The molecule has 0 aliphatic carbocycles. The Kier molecular flexibility index (Phi) is 5.32. The molecule has 1 amide bonds. The Hall–Kier alpha value is -2.43. The molecule has 0 spiro atoms. The molecule has 23 heavy (non-hydrogen) atoms. The highest BCUT2D eigenvalue weighted by Crippen LogP contribution is 2.18. The zero-order valence-corrected chi connectivity index (χ0v) is 13.9. The van der Waals surface area contributed by atoms with Crippen LogP contribution in [0.25, 0.3) is 0 Å². The summed E-state index contributed by atoms with van der Waals surface area (Å²) in [4.78, 5) is 28.2. The van der Waals surface area contributed by atoms with E-state index in [0.29, 0.717) is 17.2 Å². The van der Waals surface area contributed by atoms with Crippen molar-refractivity contribution >= 4 is 11.7 Å². The first-order valence-corrected chi connectivity index (χ1v) is 7.71. The van der Waals surface area contributed by atoms with Gasteiger partial charge in [-0.1, -0.05) is 38.1 Å². The fourth-order valence-corrected chi connectivity index (χ4v) is 2.22. The molecule has 5 nitrogen and oxygen atoms in total. The van der Waals surface area contributed by atoms with E-state index >= 15 is 0 Å². The van der Waals surface area contributed by atoms with Gasteiger partial charge in [-0.15, -0.1) is 0 Å². The summed E-state index contributed by atoms with van der Waals surface area (Å²) in [6, 6.07) is 7.21. The maximum atomic E-state index is 12.2. The minimum Gasteiger partial charge on any atom is -0.444 e. The van der Waals surface area contributed by atoms with Crippen molar-refractivity contribution in [1.29, 1.82) is 0 Å². The lowest BCUT2D eigenvalue weighted by Gasteiger charge is -2.12. The molecule has 1 unspecified atom stereocenters. The minimum atomic E-state index is -0.311. The number of amides is 1. The predicted molar refractivity (Wildman–Crippen MR) is 87.1 cm³/mol. The van der Waals surface area contributed by atoms with Crippen molar-refractivity contribution in [3.05, 3.63) is 53.2 Å². The molecular formula is C18H22N2O3. The Morgan fingerprint density at radius 3 is 2.35 bits per heavy atom. The zero-order valence-electron chi connectivity index (χ0n) is 13.9. The fourth-order valence-electron chi connectivity index (χ4n) is 2.22. The van der Waals surface area contributed by atoms with E-state index in [1.807, 2.05) is 32.9 Å². The molecule has 2 rings (SSSR count). The van der Waals surface area contributed by atoms with Crippen molar-refractivity contribution in [3.63, 3.8) is 0 Å². The van der Waals surface area contributed by atoms with Gasteiger partial charge in [0.05, 0.1) is 18.7 Å². The predicted octanol–water partition coefficient (Wildman–Crippen LogP) is 3.24. The average Bonchev–Trinajstić information content (AvgIpc) is 2.96. The molecule has 2 aromatic rings. The van der Waals surface area contributed by atoms with Gasteiger partial charge in [-0.2, -0.15) is 0 Å². The van der Waals surface area contributed by atoms with Crippen LogP contribution in [0.4, 0.5) is 0 Å². The van der Waals surface area contributed by atoms with Crippen LogP contribution in [0.5, 0.6) is 0 Å². The second kappa shape index (κ2) is 7.22. The number of carbonyl (C=O) groups is 2. The highest BCUT2D eigenvalue weighted by molar-refractivity contribution is 5.97. The highest BCUT2D eigenvalue weighted by atomic mass is 16.4. The van der Waals surface area contributed by atoms with Gasteiger partial charge >= 0.3 is 0 Å². The van der Waals surface area contributed by atoms with Crippen LogP contribution >= 0.6 is 0 Å². The summed E-state index contributed by atoms with van der Waals surface area (Å²) in [7, 11) is 0. The standard InChI is InChI=1S/C18H22N2O3/c1-11(2)17(21)15-7-5-14(6-8-15)13(4)18(22)20-10-16-19-9-12(3)23-16/h5-9,11,13H,10H2,1-4H3,(H,20,22). The van der Waals surface area contributed by atoms with Crippen LogP contribution in [0.3, 0.4) is 0 Å². The van der Waals surface area contributed by atoms with Gasteiger partial charge in [0.15, 0.2) is 5.78 Å². The average molecular weight is 314 g/mol. The maximum absolute atomic E-state index is 12.2. The Morgan fingerprint density at radius 2 is 1.83 bits per heavy atom. The molecule has 0 fully saturated rings. The van der Waals surface area contributed by atoms with Crippen LogP contribution in [0.2, 0.25) is 0 Å². The first-order valence-electron chi connectivity index (χ1n) is 7.71. The zero-order chi connectivity index (χ0) is 17.0. The maximum Gasteiger partial charge on any atom is 0.227 e. The molecule has 0 bridgehead atoms. The van der Waals surface area contributed by atoms with Crippen LogP contribution in [0, 0.1) is 12.8 Å². The first kappa shape index (κ1) is 16.9. The number of hydrogen-bond donors (Lipinski definition) is 1. The third kappa shape index (κ3) is 4.28. The third-order valence-electron chi connectivity index (χ3n) is 3.70. The number of Topliss-reactive ketones (excluding diaryl/α,β-unsaturated/α-hetero) is 1. The molecular weight excluding hydrogens is 292 g/mol. The van der Waals surface area contributed by atoms with E-state index in [0.717, 1.165) is 5.56 Å². The van der Waals surface area contributed by atoms with E-state index < -0.39 is 0 Å². The summed E-state index contributed by atoms with van der Waals surface area (Å²) < 4.78 is 5.32. The summed E-state index contributed by atoms with van der Waals surface area (Å²) in [5, 5.41) is 2.80. The van der Waals surface area contributed by atoms with Crippen LogP contribution in [-0.2, 0) is 11.3 Å². The summed E-state index contributed by atoms with van der Waals surface area (Å²) in [5.41, 5.74) is 1.54. The molecule has 0 radical (unpaired) electrons. The second-order valence-corrected chi connectivity index (χ2v) is 5.95. The number of carbonyl (C=O) groups excluding carboxylic acids is 2. The van der Waals surface area contributed by atoms with Gasteiger partial charge in [0.1, 0.15) is 5.76 Å². The van der Waals surface area contributed by atoms with E-state index in [4.69, 9.17) is 4.42 Å². The van der Waals surface area contributed by atoms with E-state index in [2.05, 4.69) is 10.3 Å². The van der Waals surface area contributed by atoms with Gasteiger partial charge < -0.3 is 9.73 Å².